The molecule has 2 aromatic heterocycles. The molecule has 0 aliphatic heterocycles. The van der Waals surface area contributed by atoms with Crippen LogP contribution in [0.1, 0.15) is 30.9 Å². The maximum absolute atomic E-state index is 12.4. The summed E-state index contributed by atoms with van der Waals surface area (Å²) in [6, 6.07) is 5.81. The fraction of sp³-hybridized carbons (Fsp3) is 0.400. The lowest BCUT2D eigenvalue weighted by Gasteiger charge is -2.13. The third kappa shape index (κ3) is 5.51. The van der Waals surface area contributed by atoms with Crippen molar-refractivity contribution in [3.63, 3.8) is 0 Å². The summed E-state index contributed by atoms with van der Waals surface area (Å²) in [7, 11) is 1.86. The summed E-state index contributed by atoms with van der Waals surface area (Å²) in [6.45, 7) is 8.46. The summed E-state index contributed by atoms with van der Waals surface area (Å²) in [5, 5.41) is 14.0. The summed E-state index contributed by atoms with van der Waals surface area (Å²) in [6.07, 6.45) is 0. The van der Waals surface area contributed by atoms with Gasteiger partial charge in [0, 0.05) is 12.4 Å². The van der Waals surface area contributed by atoms with Gasteiger partial charge >= 0.3 is 0 Å². The number of aromatic nitrogens is 4. The number of hydrogen-bond donors (Lipinski definition) is 1. The highest BCUT2D eigenvalue weighted by Gasteiger charge is 2.20. The predicted octanol–water partition coefficient (Wildman–Crippen LogP) is 3.99. The number of ether oxygens (including phenoxy) is 2. The van der Waals surface area contributed by atoms with E-state index in [9.17, 15) is 4.79 Å². The molecule has 0 bridgehead atoms. The molecule has 10 heteroatoms. The van der Waals surface area contributed by atoms with E-state index in [1.54, 1.807) is 0 Å². The van der Waals surface area contributed by atoms with Gasteiger partial charge in [-0.05, 0) is 45.4 Å². The van der Waals surface area contributed by atoms with Crippen LogP contribution in [0.15, 0.2) is 28.7 Å². The van der Waals surface area contributed by atoms with Gasteiger partial charge in [0.25, 0.3) is 0 Å². The summed E-state index contributed by atoms with van der Waals surface area (Å²) < 4.78 is 13.4. The molecule has 0 saturated carbocycles. The maximum atomic E-state index is 12.4. The van der Waals surface area contributed by atoms with Crippen molar-refractivity contribution in [2.24, 2.45) is 7.05 Å². The predicted molar refractivity (Wildman–Crippen MR) is 118 cm³/mol. The number of anilines is 1. The second-order valence-corrected chi connectivity index (χ2v) is 8.84. The molecule has 2 heterocycles. The van der Waals surface area contributed by atoms with Crippen molar-refractivity contribution in [3.05, 3.63) is 40.7 Å². The van der Waals surface area contributed by atoms with Gasteiger partial charge in [0.05, 0.1) is 17.6 Å². The Labute approximate surface area is 184 Å². The third-order valence-electron chi connectivity index (χ3n) is 4.18. The number of aryl methyl sites for hydroxylation is 2. The highest BCUT2D eigenvalue weighted by Crippen LogP contribution is 2.29. The van der Waals surface area contributed by atoms with Crippen molar-refractivity contribution in [1.29, 1.82) is 0 Å². The molecule has 160 valence electrons. The number of thioether (sulfide) groups is 1. The number of carbonyl (C=O) groups excluding carboxylic acids is 1. The summed E-state index contributed by atoms with van der Waals surface area (Å²) in [4.78, 5) is 16.7. The Kier molecular flexibility index (Phi) is 7.33. The van der Waals surface area contributed by atoms with Gasteiger partial charge in [-0.2, -0.15) is 0 Å². The van der Waals surface area contributed by atoms with E-state index in [0.29, 0.717) is 34.2 Å². The number of rotatable bonds is 9. The van der Waals surface area contributed by atoms with Gasteiger partial charge in [-0.15, -0.1) is 21.5 Å². The van der Waals surface area contributed by atoms with Crippen molar-refractivity contribution in [3.8, 4) is 11.5 Å². The summed E-state index contributed by atoms with van der Waals surface area (Å²) >= 11 is 2.74. The van der Waals surface area contributed by atoms with Crippen LogP contribution < -0.4 is 14.8 Å². The average Bonchev–Trinajstić information content (AvgIpc) is 3.27. The Morgan fingerprint density at radius 3 is 2.77 bits per heavy atom. The quantitative estimate of drug-likeness (QED) is 0.496. The Bertz CT molecular complexity index is 1020. The van der Waals surface area contributed by atoms with Crippen LogP contribution in [0.2, 0.25) is 0 Å². The zero-order chi connectivity index (χ0) is 21.7. The van der Waals surface area contributed by atoms with Gasteiger partial charge in [0.15, 0.2) is 27.6 Å². The molecule has 1 unspecified atom stereocenters. The highest BCUT2D eigenvalue weighted by molar-refractivity contribution is 8.00. The number of amides is 1. The lowest BCUT2D eigenvalue weighted by Crippen LogP contribution is -2.22. The minimum absolute atomic E-state index is 0.129. The molecule has 0 fully saturated rings. The Balaban J connectivity index is 1.61. The zero-order valence-electron chi connectivity index (χ0n) is 17.6. The number of nitrogens with one attached hydrogen (secondary N) is 1. The van der Waals surface area contributed by atoms with E-state index in [-0.39, 0.29) is 17.8 Å². The fourth-order valence-corrected chi connectivity index (χ4v) is 4.07. The van der Waals surface area contributed by atoms with Crippen LogP contribution >= 0.6 is 23.1 Å². The van der Waals surface area contributed by atoms with E-state index in [1.165, 1.54) is 23.1 Å². The molecular formula is C20H25N5O3S2. The number of thiazole rings is 1. The standard InChI is InChI=1S/C20H25N5O3S2/c1-6-27-16-9-12(2)7-8-15(16)28-10-17-23-24-20(25(17)5)30-14(4)18(26)22-19-21-13(3)11-29-19/h7-9,11,14H,6,10H2,1-5H3,(H,21,22,26). The van der Waals surface area contributed by atoms with Crippen LogP contribution in [0.3, 0.4) is 0 Å². The van der Waals surface area contributed by atoms with Gasteiger partial charge < -0.3 is 19.4 Å². The number of hydrogen-bond acceptors (Lipinski definition) is 8. The molecule has 1 N–H and O–H groups in total. The van der Waals surface area contributed by atoms with Crippen LogP contribution in [0.5, 0.6) is 11.5 Å². The van der Waals surface area contributed by atoms with Gasteiger partial charge in [-0.25, -0.2) is 4.98 Å². The minimum atomic E-state index is -0.354. The first-order valence-corrected chi connectivity index (χ1v) is 11.3. The first kappa shape index (κ1) is 22.1. The van der Waals surface area contributed by atoms with Crippen LogP contribution in [0, 0.1) is 13.8 Å². The molecule has 0 radical (unpaired) electrons. The lowest BCUT2D eigenvalue weighted by molar-refractivity contribution is -0.115. The second kappa shape index (κ2) is 9.94. The van der Waals surface area contributed by atoms with Crippen molar-refractivity contribution >= 4 is 34.1 Å². The molecule has 3 rings (SSSR count). The highest BCUT2D eigenvalue weighted by atomic mass is 32.2. The van der Waals surface area contributed by atoms with Gasteiger partial charge in [-0.1, -0.05) is 17.8 Å². The third-order valence-corrected chi connectivity index (χ3v) is 6.19. The smallest absolute Gasteiger partial charge is 0.239 e. The van der Waals surface area contributed by atoms with E-state index in [1.807, 2.05) is 62.9 Å². The number of carbonyl (C=O) groups is 1. The Hall–Kier alpha value is -2.59. The molecule has 1 amide bonds. The normalized spacial score (nSPS) is 11.9. The zero-order valence-corrected chi connectivity index (χ0v) is 19.3. The average molecular weight is 448 g/mol. The first-order valence-electron chi connectivity index (χ1n) is 9.51. The molecule has 1 atom stereocenters. The molecule has 1 aromatic carbocycles. The van der Waals surface area contributed by atoms with Crippen molar-refractivity contribution in [2.75, 3.05) is 11.9 Å². The van der Waals surface area contributed by atoms with Crippen molar-refractivity contribution in [2.45, 2.75) is 44.7 Å². The van der Waals surface area contributed by atoms with E-state index in [4.69, 9.17) is 9.47 Å². The maximum Gasteiger partial charge on any atom is 0.239 e. The lowest BCUT2D eigenvalue weighted by atomic mass is 10.2. The van der Waals surface area contributed by atoms with E-state index >= 15 is 0 Å². The monoisotopic (exact) mass is 447 g/mol. The fourth-order valence-electron chi connectivity index (χ4n) is 2.55. The largest absolute Gasteiger partial charge is 0.490 e. The molecule has 30 heavy (non-hydrogen) atoms. The second-order valence-electron chi connectivity index (χ2n) is 6.67. The van der Waals surface area contributed by atoms with E-state index in [0.717, 1.165) is 11.3 Å². The SMILES string of the molecule is CCOc1cc(C)ccc1OCc1nnc(SC(C)C(=O)Nc2nc(C)cs2)n1C. The topological polar surface area (TPSA) is 91.2 Å². The molecule has 3 aromatic rings. The molecule has 8 nitrogen and oxygen atoms in total. The van der Waals surface area contributed by atoms with Crippen molar-refractivity contribution < 1.29 is 14.3 Å². The van der Waals surface area contributed by atoms with Crippen LogP contribution in [0.4, 0.5) is 5.13 Å². The number of benzene rings is 1. The van der Waals surface area contributed by atoms with Crippen LogP contribution in [0.25, 0.3) is 0 Å². The van der Waals surface area contributed by atoms with E-state index in [2.05, 4.69) is 20.5 Å². The Morgan fingerprint density at radius 1 is 1.27 bits per heavy atom. The van der Waals surface area contributed by atoms with Gasteiger partial charge in [0.2, 0.25) is 5.91 Å². The molecule has 0 aliphatic carbocycles. The van der Waals surface area contributed by atoms with Crippen molar-refractivity contribution in [1.82, 2.24) is 19.7 Å². The van der Waals surface area contributed by atoms with E-state index < -0.39 is 0 Å². The van der Waals surface area contributed by atoms with Gasteiger partial charge in [0.1, 0.15) is 6.61 Å². The van der Waals surface area contributed by atoms with Crippen LogP contribution in [-0.4, -0.2) is 37.5 Å². The first-order chi connectivity index (χ1) is 14.4. The molecule has 0 spiro atoms. The van der Waals surface area contributed by atoms with Crippen LogP contribution in [-0.2, 0) is 18.4 Å². The minimum Gasteiger partial charge on any atom is -0.490 e. The summed E-state index contributed by atoms with van der Waals surface area (Å²) in [5.41, 5.74) is 1.98. The molecular weight excluding hydrogens is 422 g/mol. The Morgan fingerprint density at radius 2 is 2.07 bits per heavy atom. The van der Waals surface area contributed by atoms with Gasteiger partial charge in [-0.3, -0.25) is 4.79 Å². The number of nitrogens with zero attached hydrogens (tertiary/aromatic N) is 4. The molecule has 0 saturated heterocycles. The molecule has 0 aliphatic rings. The summed E-state index contributed by atoms with van der Waals surface area (Å²) in [5.74, 6) is 1.89.